The first-order valence-electron chi connectivity index (χ1n) is 10.7. The van der Waals surface area contributed by atoms with Crippen molar-refractivity contribution in [2.24, 2.45) is 0 Å². The van der Waals surface area contributed by atoms with Gasteiger partial charge in [0.15, 0.2) is 11.5 Å². The summed E-state index contributed by atoms with van der Waals surface area (Å²) in [5, 5.41) is 4.06. The van der Waals surface area contributed by atoms with Crippen LogP contribution in [0.4, 0.5) is 29.3 Å². The van der Waals surface area contributed by atoms with Gasteiger partial charge in [-0.3, -0.25) is 4.90 Å². The zero-order valence-corrected chi connectivity index (χ0v) is 18.7. The first-order valence-corrected chi connectivity index (χ1v) is 10.7. The zero-order chi connectivity index (χ0) is 24.6. The van der Waals surface area contributed by atoms with Crippen LogP contribution in [0.2, 0.25) is 0 Å². The van der Waals surface area contributed by atoms with Crippen LogP contribution < -0.4 is 11.5 Å². The van der Waals surface area contributed by atoms with Crippen LogP contribution in [0.15, 0.2) is 24.4 Å². The number of nitrogen functional groups attached to an aromatic ring is 2. The van der Waals surface area contributed by atoms with E-state index in [4.69, 9.17) is 11.5 Å². The smallest absolute Gasteiger partial charge is 0.261 e. The third kappa shape index (κ3) is 4.74. The van der Waals surface area contributed by atoms with Crippen molar-refractivity contribution in [1.82, 2.24) is 34.0 Å². The molecule has 4 aromatic rings. The van der Waals surface area contributed by atoms with Crippen LogP contribution in [0.25, 0.3) is 27.9 Å². The number of hydrogen-bond donors (Lipinski definition) is 2. The van der Waals surface area contributed by atoms with E-state index < -0.39 is 18.9 Å². The Kier molecular flexibility index (Phi) is 6.30. The summed E-state index contributed by atoms with van der Waals surface area (Å²) in [6.07, 6.45) is -0.767. The van der Waals surface area contributed by atoms with Gasteiger partial charge in [-0.25, -0.2) is 32.0 Å². The second-order valence-corrected chi connectivity index (χ2v) is 8.05. The minimum atomic E-state index is -2.50. The molecule has 1 saturated heterocycles. The molecule has 1 aliphatic rings. The summed E-state index contributed by atoms with van der Waals surface area (Å²) in [4.78, 5) is 14.5. The number of nitrogens with two attached hydrogens (primary N) is 2. The Morgan fingerprint density at radius 3 is 2.50 bits per heavy atom. The van der Waals surface area contributed by atoms with Gasteiger partial charge in [-0.2, -0.15) is 4.98 Å². The summed E-state index contributed by atoms with van der Waals surface area (Å²) >= 11 is 0. The molecule has 1 aliphatic heterocycles. The minimum absolute atomic E-state index is 0.0382. The number of anilines is 2. The van der Waals surface area contributed by atoms with Crippen LogP contribution in [0.1, 0.15) is 19.2 Å². The van der Waals surface area contributed by atoms with E-state index in [1.54, 1.807) is 36.2 Å². The number of nitrogens with zero attached hydrogens (tertiary/aromatic N) is 7. The molecule has 5 heterocycles. The van der Waals surface area contributed by atoms with Gasteiger partial charge in [0.2, 0.25) is 5.95 Å². The van der Waals surface area contributed by atoms with E-state index in [1.807, 2.05) is 6.92 Å². The molecule has 9 nitrogen and oxygen atoms in total. The maximum Gasteiger partial charge on any atom is 0.261 e. The Morgan fingerprint density at radius 1 is 1.12 bits per heavy atom. The van der Waals surface area contributed by atoms with E-state index in [2.05, 4.69) is 20.1 Å². The number of aryl methyl sites for hydroxylation is 1. The average molecular weight is 479 g/mol. The molecule has 0 aliphatic carbocycles. The minimum Gasteiger partial charge on any atom is -0.382 e. The molecule has 4 aromatic heterocycles. The van der Waals surface area contributed by atoms with Gasteiger partial charge in [-0.15, -0.1) is 5.10 Å². The molecule has 1 fully saturated rings. The van der Waals surface area contributed by atoms with Crippen LogP contribution in [0.3, 0.4) is 0 Å². The summed E-state index contributed by atoms with van der Waals surface area (Å²) in [5.74, 6) is -1.65. The number of halogens is 4. The third-order valence-corrected chi connectivity index (χ3v) is 5.63. The van der Waals surface area contributed by atoms with Crippen molar-refractivity contribution in [3.05, 3.63) is 30.2 Å². The molecule has 4 N–H and O–H groups in total. The summed E-state index contributed by atoms with van der Waals surface area (Å²) in [6.45, 7) is 4.38. The fraction of sp³-hybridized carbons (Fsp3) is 0.429. The van der Waals surface area contributed by atoms with Gasteiger partial charge in [0, 0.05) is 24.7 Å². The standard InChI is InChI=1S/C15H14F2N8.C6H11F2N/c1-7-20-10-3-2-9(21-14(10)24(7)6-11(16)17)8-4-5-25-12(8)13(18)22-15(19)23-25;1-2-9-4-3-6(7,8)5-9/h2-5,11H,6H2,1H3,(H4,18,19,22,23);2-5H2,1H3. The van der Waals surface area contributed by atoms with E-state index in [1.165, 1.54) is 9.08 Å². The van der Waals surface area contributed by atoms with Gasteiger partial charge in [-0.1, -0.05) is 6.92 Å². The number of rotatable bonds is 4. The topological polar surface area (TPSA) is 116 Å². The van der Waals surface area contributed by atoms with Gasteiger partial charge in [0.25, 0.3) is 12.3 Å². The van der Waals surface area contributed by atoms with Crippen molar-refractivity contribution >= 4 is 28.4 Å². The fourth-order valence-electron chi connectivity index (χ4n) is 3.97. The zero-order valence-electron chi connectivity index (χ0n) is 18.7. The van der Waals surface area contributed by atoms with Crippen molar-refractivity contribution in [1.29, 1.82) is 0 Å². The highest BCUT2D eigenvalue weighted by Gasteiger charge is 2.37. The van der Waals surface area contributed by atoms with Gasteiger partial charge < -0.3 is 16.0 Å². The third-order valence-electron chi connectivity index (χ3n) is 5.63. The molecule has 0 radical (unpaired) electrons. The normalized spacial score (nSPS) is 15.9. The maximum absolute atomic E-state index is 12.9. The number of hydrogen-bond acceptors (Lipinski definition) is 7. The lowest BCUT2D eigenvalue weighted by Crippen LogP contribution is -2.24. The largest absolute Gasteiger partial charge is 0.382 e. The van der Waals surface area contributed by atoms with Crippen LogP contribution in [0, 0.1) is 6.92 Å². The van der Waals surface area contributed by atoms with Crippen molar-refractivity contribution in [2.75, 3.05) is 31.1 Å². The van der Waals surface area contributed by atoms with E-state index in [0.717, 1.165) is 6.54 Å². The Balaban J connectivity index is 0.000000257. The summed E-state index contributed by atoms with van der Waals surface area (Å²) in [6, 6.07) is 5.27. The highest BCUT2D eigenvalue weighted by atomic mass is 19.3. The van der Waals surface area contributed by atoms with Crippen molar-refractivity contribution in [3.63, 3.8) is 0 Å². The molecule has 0 amide bonds. The van der Waals surface area contributed by atoms with Gasteiger partial charge >= 0.3 is 0 Å². The van der Waals surface area contributed by atoms with E-state index in [0.29, 0.717) is 40.3 Å². The molecule has 182 valence electrons. The lowest BCUT2D eigenvalue weighted by Gasteiger charge is -2.11. The predicted molar refractivity (Wildman–Crippen MR) is 121 cm³/mol. The van der Waals surface area contributed by atoms with E-state index in [-0.39, 0.29) is 24.7 Å². The average Bonchev–Trinajstić information content (AvgIpc) is 3.43. The molecule has 0 aromatic carbocycles. The number of pyridine rings is 1. The molecule has 34 heavy (non-hydrogen) atoms. The molecular formula is C21H25F4N9. The lowest BCUT2D eigenvalue weighted by molar-refractivity contribution is 0.0127. The molecule has 13 heteroatoms. The monoisotopic (exact) mass is 479 g/mol. The Hall–Kier alpha value is -3.48. The predicted octanol–water partition coefficient (Wildman–Crippen LogP) is 3.23. The van der Waals surface area contributed by atoms with Gasteiger partial charge in [-0.05, 0) is 31.7 Å². The Bertz CT molecular complexity index is 1310. The van der Waals surface area contributed by atoms with E-state index in [9.17, 15) is 17.6 Å². The molecule has 0 unspecified atom stereocenters. The number of likely N-dealkylation sites (tertiary alicyclic amines) is 1. The fourth-order valence-corrected chi connectivity index (χ4v) is 3.97. The maximum atomic E-state index is 12.9. The Morgan fingerprint density at radius 2 is 1.88 bits per heavy atom. The second kappa shape index (κ2) is 9.05. The highest BCUT2D eigenvalue weighted by molar-refractivity contribution is 5.88. The SMILES string of the molecule is CCN1CCC(F)(F)C1.Cc1nc2ccc(-c3ccn4nc(N)nc(N)c34)nc2n1CC(F)F. The van der Waals surface area contributed by atoms with Crippen molar-refractivity contribution in [3.8, 4) is 11.3 Å². The summed E-state index contributed by atoms with van der Waals surface area (Å²) in [7, 11) is 0. The van der Waals surface area contributed by atoms with Crippen molar-refractivity contribution < 1.29 is 17.6 Å². The summed E-state index contributed by atoms with van der Waals surface area (Å²) in [5.41, 5.74) is 14.3. The first kappa shape index (κ1) is 23.7. The first-order chi connectivity index (χ1) is 16.1. The summed E-state index contributed by atoms with van der Waals surface area (Å²) < 4.78 is 53.3. The van der Waals surface area contributed by atoms with Gasteiger partial charge in [0.1, 0.15) is 16.9 Å². The van der Waals surface area contributed by atoms with E-state index >= 15 is 0 Å². The highest BCUT2D eigenvalue weighted by Crippen LogP contribution is 2.29. The molecule has 0 bridgehead atoms. The molecule has 5 rings (SSSR count). The van der Waals surface area contributed by atoms with Crippen LogP contribution in [-0.4, -0.2) is 66.0 Å². The lowest BCUT2D eigenvalue weighted by atomic mass is 10.2. The van der Waals surface area contributed by atoms with Crippen molar-refractivity contribution in [2.45, 2.75) is 39.2 Å². The number of alkyl halides is 4. The Labute approximate surface area is 192 Å². The number of aromatic nitrogens is 6. The number of fused-ring (bicyclic) bond motifs is 2. The second-order valence-electron chi connectivity index (χ2n) is 8.05. The number of imidazole rings is 1. The quantitative estimate of drug-likeness (QED) is 0.432. The van der Waals surface area contributed by atoms with Crippen LogP contribution in [0.5, 0.6) is 0 Å². The molecule has 0 saturated carbocycles. The van der Waals surface area contributed by atoms with Crippen LogP contribution in [-0.2, 0) is 6.54 Å². The molecule has 0 atom stereocenters. The van der Waals surface area contributed by atoms with Gasteiger partial charge in [0.05, 0.1) is 18.8 Å². The molecule has 0 spiro atoms. The molecular weight excluding hydrogens is 454 g/mol. The van der Waals surface area contributed by atoms with Crippen LogP contribution >= 0.6 is 0 Å².